The van der Waals surface area contributed by atoms with Crippen LogP contribution in [0.25, 0.3) is 17.2 Å². The van der Waals surface area contributed by atoms with Crippen molar-refractivity contribution in [1.82, 2.24) is 19.6 Å². The first kappa shape index (κ1) is 14.4. The average Bonchev–Trinajstić information content (AvgIpc) is 3.16. The highest BCUT2D eigenvalue weighted by Gasteiger charge is 2.16. The molecular formula is C17H14FN5O. The maximum atomic E-state index is 13.9. The maximum Gasteiger partial charge on any atom is 0.224 e. The third-order valence-electron chi connectivity index (χ3n) is 3.76. The molecule has 2 N–H and O–H groups in total. The van der Waals surface area contributed by atoms with E-state index >= 15 is 0 Å². The first-order chi connectivity index (χ1) is 11.6. The Morgan fingerprint density at radius 3 is 2.71 bits per heavy atom. The predicted octanol–water partition coefficient (Wildman–Crippen LogP) is 3.00. The fraction of sp³-hybridized carbons (Fsp3) is 0.118. The van der Waals surface area contributed by atoms with Crippen molar-refractivity contribution >= 4 is 11.6 Å². The fourth-order valence-corrected chi connectivity index (χ4v) is 2.63. The molecule has 3 heterocycles. The van der Waals surface area contributed by atoms with Crippen LogP contribution >= 0.6 is 0 Å². The van der Waals surface area contributed by atoms with Crippen molar-refractivity contribution in [2.75, 3.05) is 5.73 Å². The summed E-state index contributed by atoms with van der Waals surface area (Å²) in [6.07, 6.45) is 2.01. The summed E-state index contributed by atoms with van der Waals surface area (Å²) < 4.78 is 21.1. The SMILES string of the molecule is Cc1ccc(-c2nc(N)nc3c(Cc4ccccc4F)cnn23)o1. The molecule has 0 aliphatic carbocycles. The number of benzene rings is 1. The van der Waals surface area contributed by atoms with E-state index in [1.165, 1.54) is 6.07 Å². The van der Waals surface area contributed by atoms with Gasteiger partial charge in [-0.1, -0.05) is 18.2 Å². The van der Waals surface area contributed by atoms with Gasteiger partial charge in [0.25, 0.3) is 0 Å². The van der Waals surface area contributed by atoms with Gasteiger partial charge in [-0.2, -0.15) is 19.6 Å². The number of halogens is 1. The van der Waals surface area contributed by atoms with Crippen LogP contribution < -0.4 is 5.73 Å². The Morgan fingerprint density at radius 2 is 1.96 bits per heavy atom. The normalized spacial score (nSPS) is 11.2. The highest BCUT2D eigenvalue weighted by Crippen LogP contribution is 2.24. The Balaban J connectivity index is 1.85. The minimum Gasteiger partial charge on any atom is -0.458 e. The number of nitrogen functional groups attached to an aromatic ring is 1. The highest BCUT2D eigenvalue weighted by atomic mass is 19.1. The van der Waals surface area contributed by atoms with E-state index < -0.39 is 0 Å². The van der Waals surface area contributed by atoms with Crippen LogP contribution in [0.4, 0.5) is 10.3 Å². The van der Waals surface area contributed by atoms with Crippen LogP contribution in [-0.2, 0) is 6.42 Å². The van der Waals surface area contributed by atoms with Gasteiger partial charge in [0.2, 0.25) is 11.8 Å². The highest BCUT2D eigenvalue weighted by molar-refractivity contribution is 5.59. The number of aryl methyl sites for hydroxylation is 1. The molecule has 120 valence electrons. The fourth-order valence-electron chi connectivity index (χ4n) is 2.63. The van der Waals surface area contributed by atoms with Gasteiger partial charge in [-0.3, -0.25) is 0 Å². The van der Waals surface area contributed by atoms with Crippen molar-refractivity contribution in [1.29, 1.82) is 0 Å². The number of hydrogen-bond acceptors (Lipinski definition) is 5. The van der Waals surface area contributed by atoms with Crippen LogP contribution in [0.3, 0.4) is 0 Å². The van der Waals surface area contributed by atoms with E-state index in [0.717, 1.165) is 11.3 Å². The lowest BCUT2D eigenvalue weighted by molar-refractivity contribution is 0.541. The summed E-state index contributed by atoms with van der Waals surface area (Å²) in [6, 6.07) is 10.3. The predicted molar refractivity (Wildman–Crippen MR) is 86.8 cm³/mol. The molecule has 0 saturated heterocycles. The van der Waals surface area contributed by atoms with Crippen molar-refractivity contribution in [2.45, 2.75) is 13.3 Å². The molecule has 4 aromatic rings. The van der Waals surface area contributed by atoms with Crippen molar-refractivity contribution in [3.8, 4) is 11.6 Å². The van der Waals surface area contributed by atoms with Gasteiger partial charge >= 0.3 is 0 Å². The quantitative estimate of drug-likeness (QED) is 0.627. The Morgan fingerprint density at radius 1 is 1.12 bits per heavy atom. The lowest BCUT2D eigenvalue weighted by Gasteiger charge is -2.04. The molecule has 0 spiro atoms. The van der Waals surface area contributed by atoms with Crippen molar-refractivity contribution in [2.24, 2.45) is 0 Å². The molecular weight excluding hydrogens is 309 g/mol. The van der Waals surface area contributed by atoms with Gasteiger partial charge in [-0.15, -0.1) is 0 Å². The van der Waals surface area contributed by atoms with Gasteiger partial charge in [-0.25, -0.2) is 4.39 Å². The summed E-state index contributed by atoms with van der Waals surface area (Å²) in [5, 5.41) is 4.32. The van der Waals surface area contributed by atoms with Gasteiger partial charge in [0.05, 0.1) is 6.20 Å². The number of nitrogens with two attached hydrogens (primary N) is 1. The topological polar surface area (TPSA) is 82.2 Å². The number of aromatic nitrogens is 4. The lowest BCUT2D eigenvalue weighted by Crippen LogP contribution is -2.05. The number of rotatable bonds is 3. The number of nitrogens with zero attached hydrogens (tertiary/aromatic N) is 4. The maximum absolute atomic E-state index is 13.9. The lowest BCUT2D eigenvalue weighted by atomic mass is 10.1. The van der Waals surface area contributed by atoms with E-state index in [1.807, 2.05) is 13.0 Å². The van der Waals surface area contributed by atoms with Crippen LogP contribution in [0.1, 0.15) is 16.9 Å². The molecule has 3 aromatic heterocycles. The van der Waals surface area contributed by atoms with Gasteiger partial charge in [-0.05, 0) is 30.7 Å². The molecule has 24 heavy (non-hydrogen) atoms. The smallest absolute Gasteiger partial charge is 0.224 e. The Hall–Kier alpha value is -3.22. The summed E-state index contributed by atoms with van der Waals surface area (Å²) in [4.78, 5) is 8.48. The zero-order valence-electron chi connectivity index (χ0n) is 12.9. The molecule has 0 atom stereocenters. The van der Waals surface area contributed by atoms with Crippen LogP contribution in [0.5, 0.6) is 0 Å². The minimum absolute atomic E-state index is 0.113. The number of anilines is 1. The summed E-state index contributed by atoms with van der Waals surface area (Å²) >= 11 is 0. The van der Waals surface area contributed by atoms with Crippen LogP contribution in [0, 0.1) is 12.7 Å². The Kier molecular flexibility index (Phi) is 3.26. The zero-order valence-corrected chi connectivity index (χ0v) is 12.9. The molecule has 0 bridgehead atoms. The molecule has 6 nitrogen and oxygen atoms in total. The van der Waals surface area contributed by atoms with Crippen LogP contribution in [-0.4, -0.2) is 19.6 Å². The summed E-state index contributed by atoms with van der Waals surface area (Å²) in [5.41, 5.74) is 7.71. The number of hydrogen-bond donors (Lipinski definition) is 1. The molecule has 0 amide bonds. The summed E-state index contributed by atoms with van der Waals surface area (Å²) in [6.45, 7) is 1.85. The minimum atomic E-state index is -0.263. The molecule has 4 rings (SSSR count). The zero-order chi connectivity index (χ0) is 16.7. The van der Waals surface area contributed by atoms with Gasteiger partial charge in [0.1, 0.15) is 11.6 Å². The van der Waals surface area contributed by atoms with E-state index in [1.54, 1.807) is 35.0 Å². The molecule has 1 aromatic carbocycles. The first-order valence-corrected chi connectivity index (χ1v) is 7.42. The average molecular weight is 323 g/mol. The van der Waals surface area contributed by atoms with E-state index in [9.17, 15) is 4.39 Å². The molecule has 7 heteroatoms. The summed E-state index contributed by atoms with van der Waals surface area (Å²) in [7, 11) is 0. The van der Waals surface area contributed by atoms with Crippen LogP contribution in [0.15, 0.2) is 47.0 Å². The van der Waals surface area contributed by atoms with E-state index in [2.05, 4.69) is 15.1 Å². The monoisotopic (exact) mass is 323 g/mol. The van der Waals surface area contributed by atoms with Gasteiger partial charge < -0.3 is 10.2 Å². The number of fused-ring (bicyclic) bond motifs is 1. The van der Waals surface area contributed by atoms with Crippen molar-refractivity contribution in [3.63, 3.8) is 0 Å². The molecule has 0 fully saturated rings. The molecule has 0 radical (unpaired) electrons. The van der Waals surface area contributed by atoms with Crippen molar-refractivity contribution < 1.29 is 8.81 Å². The van der Waals surface area contributed by atoms with E-state index in [0.29, 0.717) is 29.2 Å². The second-order valence-electron chi connectivity index (χ2n) is 5.49. The second-order valence-corrected chi connectivity index (χ2v) is 5.49. The van der Waals surface area contributed by atoms with Crippen molar-refractivity contribution in [3.05, 3.63) is 65.3 Å². The molecule has 0 aliphatic heterocycles. The van der Waals surface area contributed by atoms with E-state index in [4.69, 9.17) is 10.2 Å². The first-order valence-electron chi connectivity index (χ1n) is 7.42. The number of furan rings is 1. The summed E-state index contributed by atoms with van der Waals surface area (Å²) in [5.74, 6) is 1.62. The third kappa shape index (κ3) is 2.40. The third-order valence-corrected chi connectivity index (χ3v) is 3.76. The van der Waals surface area contributed by atoms with Gasteiger partial charge in [0.15, 0.2) is 11.4 Å². The Labute approximate surface area is 136 Å². The van der Waals surface area contributed by atoms with Crippen LogP contribution in [0.2, 0.25) is 0 Å². The molecule has 0 saturated carbocycles. The Bertz CT molecular complexity index is 1040. The van der Waals surface area contributed by atoms with Gasteiger partial charge in [0, 0.05) is 12.0 Å². The van der Waals surface area contributed by atoms with E-state index in [-0.39, 0.29) is 11.8 Å². The standard InChI is InChI=1S/C17H14FN5O/c1-10-6-7-14(24-10)16-22-17(19)21-15-12(9-20-23(15)16)8-11-4-2-3-5-13(11)18/h2-7,9H,8H2,1H3,(H2,19,21). The molecule has 0 aliphatic rings. The second kappa shape index (κ2) is 5.45. The molecule has 0 unspecified atom stereocenters. The largest absolute Gasteiger partial charge is 0.458 e.